The Kier molecular flexibility index (Phi) is 5.67. The van der Waals surface area contributed by atoms with Crippen LogP contribution in [0.2, 0.25) is 0 Å². The van der Waals surface area contributed by atoms with Crippen LogP contribution >= 0.6 is 0 Å². The molecule has 6 heteroatoms. The maximum atomic E-state index is 12.7. The summed E-state index contributed by atoms with van der Waals surface area (Å²) >= 11 is 0. The first-order valence-electron chi connectivity index (χ1n) is 11.5. The van der Waals surface area contributed by atoms with Crippen molar-refractivity contribution in [2.45, 2.75) is 31.4 Å². The zero-order chi connectivity index (χ0) is 23.7. The Morgan fingerprint density at radius 3 is 2.38 bits per heavy atom. The third-order valence-electron chi connectivity index (χ3n) is 6.69. The summed E-state index contributed by atoms with van der Waals surface area (Å²) in [5, 5.41) is 14.1. The summed E-state index contributed by atoms with van der Waals surface area (Å²) in [5.41, 5.74) is 10.3. The number of H-pyrrole nitrogens is 1. The number of amides is 1. The second-order valence-corrected chi connectivity index (χ2v) is 9.11. The smallest absolute Gasteiger partial charge is 0.224 e. The van der Waals surface area contributed by atoms with Crippen LogP contribution in [0.15, 0.2) is 85.1 Å². The Morgan fingerprint density at radius 1 is 1.06 bits per heavy atom. The van der Waals surface area contributed by atoms with Crippen LogP contribution in [0.4, 0.5) is 5.95 Å². The zero-order valence-corrected chi connectivity index (χ0v) is 19.0. The Hall–Kier alpha value is -3.90. The van der Waals surface area contributed by atoms with Crippen molar-refractivity contribution in [2.75, 3.05) is 5.73 Å². The van der Waals surface area contributed by atoms with Crippen molar-refractivity contribution in [3.8, 4) is 11.3 Å². The lowest BCUT2D eigenvalue weighted by molar-refractivity contribution is -0.122. The van der Waals surface area contributed by atoms with Crippen molar-refractivity contribution < 1.29 is 9.90 Å². The summed E-state index contributed by atoms with van der Waals surface area (Å²) < 4.78 is 0. The molecule has 1 fully saturated rings. The molecule has 1 aromatic heterocycles. The van der Waals surface area contributed by atoms with Crippen LogP contribution in [0.3, 0.4) is 0 Å². The lowest BCUT2D eigenvalue weighted by atomic mass is 9.87. The molecule has 3 atom stereocenters. The van der Waals surface area contributed by atoms with Crippen LogP contribution in [-0.2, 0) is 16.9 Å². The van der Waals surface area contributed by atoms with Crippen LogP contribution in [0.25, 0.3) is 11.3 Å². The molecule has 172 valence electrons. The standard InChI is InChI=1S/C28H28N4O2/c1-28(34,21-5-3-2-4-6-21)22-13-11-19(12-14-22)23-15-24(23)26(33)30-16-18-7-9-20(10-8-18)25-17-31-27(29)32-25/h2-14,17,23-24,34H,15-16H2,1H3,(H,30,33)(H3,29,31,32)/t23?,24?,28-/m0/s1. The monoisotopic (exact) mass is 452 g/mol. The second kappa shape index (κ2) is 8.80. The molecular weight excluding hydrogens is 424 g/mol. The summed E-state index contributed by atoms with van der Waals surface area (Å²) in [6.07, 6.45) is 2.55. The number of carbonyl (C=O) groups is 1. The van der Waals surface area contributed by atoms with Crippen molar-refractivity contribution in [3.05, 3.63) is 107 Å². The van der Waals surface area contributed by atoms with E-state index in [1.165, 1.54) is 0 Å². The number of aromatic nitrogens is 2. The molecule has 0 bridgehead atoms. The van der Waals surface area contributed by atoms with Gasteiger partial charge in [0.2, 0.25) is 5.91 Å². The largest absolute Gasteiger partial charge is 0.381 e. The van der Waals surface area contributed by atoms with Gasteiger partial charge in [0.15, 0.2) is 5.95 Å². The molecule has 6 nitrogen and oxygen atoms in total. The fourth-order valence-electron chi connectivity index (χ4n) is 4.44. The summed E-state index contributed by atoms with van der Waals surface area (Å²) in [6.45, 7) is 2.30. The number of anilines is 1. The fraction of sp³-hybridized carbons (Fsp3) is 0.214. The molecule has 0 radical (unpaired) electrons. The number of rotatable bonds is 7. The molecule has 1 saturated carbocycles. The number of nitrogens with two attached hydrogens (primary N) is 1. The third kappa shape index (κ3) is 4.45. The van der Waals surface area contributed by atoms with Crippen LogP contribution in [0.5, 0.6) is 0 Å². The van der Waals surface area contributed by atoms with Gasteiger partial charge in [0.1, 0.15) is 5.60 Å². The van der Waals surface area contributed by atoms with Crippen molar-refractivity contribution in [3.63, 3.8) is 0 Å². The molecule has 4 aromatic rings. The van der Waals surface area contributed by atoms with Gasteiger partial charge in [-0.3, -0.25) is 4.79 Å². The van der Waals surface area contributed by atoms with Crippen LogP contribution in [-0.4, -0.2) is 21.0 Å². The van der Waals surface area contributed by atoms with Gasteiger partial charge >= 0.3 is 0 Å². The van der Waals surface area contributed by atoms with Crippen LogP contribution in [0, 0.1) is 5.92 Å². The minimum atomic E-state index is -1.06. The number of nitrogens with zero attached hydrogens (tertiary/aromatic N) is 1. The molecule has 0 spiro atoms. The molecule has 5 rings (SSSR count). The topological polar surface area (TPSA) is 104 Å². The van der Waals surface area contributed by atoms with E-state index in [0.717, 1.165) is 39.9 Å². The number of hydrogen-bond acceptors (Lipinski definition) is 4. The lowest BCUT2D eigenvalue weighted by Gasteiger charge is -2.24. The van der Waals surface area contributed by atoms with E-state index >= 15 is 0 Å². The number of hydrogen-bond donors (Lipinski definition) is 4. The summed E-state index contributed by atoms with van der Waals surface area (Å²) in [4.78, 5) is 19.7. The highest BCUT2D eigenvalue weighted by atomic mass is 16.3. The van der Waals surface area contributed by atoms with Gasteiger partial charge in [0, 0.05) is 12.5 Å². The SMILES string of the molecule is C[C@](O)(c1ccccc1)c1ccc(C2CC2C(=O)NCc2ccc(-c3cnc(N)[nH]3)cc2)cc1. The quantitative estimate of drug-likeness (QED) is 0.335. The van der Waals surface area contributed by atoms with Crippen molar-refractivity contribution >= 4 is 11.9 Å². The molecule has 2 unspecified atom stereocenters. The fourth-order valence-corrected chi connectivity index (χ4v) is 4.44. The molecule has 0 aliphatic heterocycles. The second-order valence-electron chi connectivity index (χ2n) is 9.11. The highest BCUT2D eigenvalue weighted by Crippen LogP contribution is 2.48. The van der Waals surface area contributed by atoms with E-state index in [9.17, 15) is 9.90 Å². The molecule has 34 heavy (non-hydrogen) atoms. The highest BCUT2D eigenvalue weighted by Gasteiger charge is 2.43. The number of nitrogens with one attached hydrogen (secondary N) is 2. The number of carbonyl (C=O) groups excluding carboxylic acids is 1. The van der Waals surface area contributed by atoms with Gasteiger partial charge < -0.3 is 21.1 Å². The van der Waals surface area contributed by atoms with Crippen molar-refractivity contribution in [2.24, 2.45) is 5.92 Å². The molecule has 1 aliphatic carbocycles. The molecule has 1 amide bonds. The van der Waals surface area contributed by atoms with E-state index in [1.807, 2.05) is 85.8 Å². The maximum absolute atomic E-state index is 12.7. The molecular formula is C28H28N4O2. The molecule has 1 aliphatic rings. The molecule has 5 N–H and O–H groups in total. The van der Waals surface area contributed by atoms with Gasteiger partial charge in [-0.05, 0) is 47.1 Å². The number of nitrogen functional groups attached to an aromatic ring is 1. The Bertz CT molecular complexity index is 1280. The van der Waals surface area contributed by atoms with Crippen LogP contribution < -0.4 is 11.1 Å². The summed E-state index contributed by atoms with van der Waals surface area (Å²) in [5.74, 6) is 0.689. The predicted molar refractivity (Wildman–Crippen MR) is 133 cm³/mol. The third-order valence-corrected chi connectivity index (χ3v) is 6.69. The molecule has 0 saturated heterocycles. The summed E-state index contributed by atoms with van der Waals surface area (Å²) in [7, 11) is 0. The average Bonchev–Trinajstić information content (AvgIpc) is 3.56. The zero-order valence-electron chi connectivity index (χ0n) is 19.0. The number of imidazole rings is 1. The van der Waals surface area contributed by atoms with E-state index < -0.39 is 5.60 Å². The van der Waals surface area contributed by atoms with Crippen LogP contribution in [0.1, 0.15) is 41.5 Å². The van der Waals surface area contributed by atoms with Gasteiger partial charge in [0.25, 0.3) is 0 Å². The minimum Gasteiger partial charge on any atom is -0.381 e. The molecule has 1 heterocycles. The minimum absolute atomic E-state index is 0.00674. The lowest BCUT2D eigenvalue weighted by Crippen LogP contribution is -2.25. The van der Waals surface area contributed by atoms with E-state index in [4.69, 9.17) is 5.73 Å². The Labute approximate surface area is 198 Å². The van der Waals surface area contributed by atoms with Gasteiger partial charge in [-0.2, -0.15) is 0 Å². The van der Waals surface area contributed by atoms with E-state index in [1.54, 1.807) is 6.20 Å². The average molecular weight is 453 g/mol. The van der Waals surface area contributed by atoms with Gasteiger partial charge in [-0.15, -0.1) is 0 Å². The molecule has 3 aromatic carbocycles. The van der Waals surface area contributed by atoms with E-state index in [0.29, 0.717) is 12.5 Å². The maximum Gasteiger partial charge on any atom is 0.224 e. The first kappa shape index (κ1) is 21.9. The van der Waals surface area contributed by atoms with Gasteiger partial charge in [-0.25, -0.2) is 4.98 Å². The number of benzene rings is 3. The number of aromatic amines is 1. The van der Waals surface area contributed by atoms with E-state index in [2.05, 4.69) is 15.3 Å². The summed E-state index contributed by atoms with van der Waals surface area (Å²) in [6, 6.07) is 25.6. The highest BCUT2D eigenvalue weighted by molar-refractivity contribution is 5.82. The Balaban J connectivity index is 1.16. The predicted octanol–water partition coefficient (Wildman–Crippen LogP) is 4.33. The van der Waals surface area contributed by atoms with E-state index in [-0.39, 0.29) is 17.7 Å². The van der Waals surface area contributed by atoms with Gasteiger partial charge in [-0.1, -0.05) is 78.9 Å². The Morgan fingerprint density at radius 2 is 1.74 bits per heavy atom. The first-order valence-corrected chi connectivity index (χ1v) is 11.5. The normalized spacial score (nSPS) is 18.8. The number of aliphatic hydroxyl groups is 1. The van der Waals surface area contributed by atoms with Crippen molar-refractivity contribution in [1.29, 1.82) is 0 Å². The van der Waals surface area contributed by atoms with Gasteiger partial charge in [0.05, 0.1) is 11.9 Å². The van der Waals surface area contributed by atoms with Crippen molar-refractivity contribution in [1.82, 2.24) is 15.3 Å². The first-order chi connectivity index (χ1) is 16.4.